The lowest BCUT2D eigenvalue weighted by Crippen LogP contribution is -2.50. The molecule has 0 radical (unpaired) electrons. The number of anilines is 1. The van der Waals surface area contributed by atoms with Gasteiger partial charge in [-0.2, -0.15) is 10.2 Å². The maximum Gasteiger partial charge on any atom is 0.199 e. The lowest BCUT2D eigenvalue weighted by molar-refractivity contribution is 0.340. The van der Waals surface area contributed by atoms with E-state index in [0.29, 0.717) is 24.7 Å². The number of benzene rings is 3. The van der Waals surface area contributed by atoms with Gasteiger partial charge in [0.1, 0.15) is 11.5 Å². The van der Waals surface area contributed by atoms with Crippen LogP contribution in [0.15, 0.2) is 111 Å². The third-order valence-electron chi connectivity index (χ3n) is 6.90. The standard InChI is InChI=1S/C27H22N10O/c1-2-38-21-15-13-18(14-16-21)23-17-22(25-28-34-35-37(25)30-23)27-24(19-9-5-3-6-10-19)31-36(26(27)29-33-32-27)20-11-7-4-8-12-20/h3-16,22H,2,17H2,1H3. The van der Waals surface area contributed by atoms with Crippen LogP contribution in [0, 0.1) is 0 Å². The van der Waals surface area contributed by atoms with E-state index in [9.17, 15) is 0 Å². The number of aromatic nitrogens is 4. The third kappa shape index (κ3) is 3.35. The van der Waals surface area contributed by atoms with Crippen molar-refractivity contribution in [3.05, 3.63) is 102 Å². The molecule has 4 aromatic rings. The molecule has 2 atom stereocenters. The summed E-state index contributed by atoms with van der Waals surface area (Å²) >= 11 is 0. The molecule has 0 aliphatic carbocycles. The van der Waals surface area contributed by atoms with Crippen LogP contribution >= 0.6 is 0 Å². The molecule has 0 fully saturated rings. The second kappa shape index (κ2) is 8.80. The van der Waals surface area contributed by atoms with Gasteiger partial charge in [0.05, 0.1) is 23.9 Å². The lowest BCUT2D eigenvalue weighted by Gasteiger charge is -2.33. The first-order valence-corrected chi connectivity index (χ1v) is 12.4. The highest BCUT2D eigenvalue weighted by atomic mass is 16.5. The van der Waals surface area contributed by atoms with Crippen LogP contribution in [0.4, 0.5) is 5.69 Å². The zero-order chi connectivity index (χ0) is 25.5. The summed E-state index contributed by atoms with van der Waals surface area (Å²) in [7, 11) is 0. The Bertz CT molecular complexity index is 1610. The van der Waals surface area contributed by atoms with Gasteiger partial charge in [-0.25, -0.2) is 5.01 Å². The molecule has 7 rings (SSSR count). The molecule has 0 spiro atoms. The Morgan fingerprint density at radius 3 is 2.42 bits per heavy atom. The molecule has 186 valence electrons. The fourth-order valence-electron chi connectivity index (χ4n) is 5.18. The predicted molar refractivity (Wildman–Crippen MR) is 142 cm³/mol. The highest BCUT2D eigenvalue weighted by Gasteiger charge is 2.61. The van der Waals surface area contributed by atoms with Gasteiger partial charge in [0.2, 0.25) is 0 Å². The third-order valence-corrected chi connectivity index (χ3v) is 6.90. The van der Waals surface area contributed by atoms with Crippen LogP contribution in [0.2, 0.25) is 0 Å². The van der Waals surface area contributed by atoms with Gasteiger partial charge in [-0.3, -0.25) is 0 Å². The minimum Gasteiger partial charge on any atom is -0.494 e. The number of nitrogens with zero attached hydrogens (tertiary/aromatic N) is 10. The Kier molecular flexibility index (Phi) is 5.13. The van der Waals surface area contributed by atoms with Crippen molar-refractivity contribution in [2.45, 2.75) is 24.8 Å². The largest absolute Gasteiger partial charge is 0.494 e. The molecule has 4 heterocycles. The molecule has 0 amide bonds. The van der Waals surface area contributed by atoms with E-state index in [2.05, 4.69) is 25.9 Å². The Labute approximate surface area is 217 Å². The van der Waals surface area contributed by atoms with E-state index in [4.69, 9.17) is 20.1 Å². The maximum atomic E-state index is 5.63. The van der Waals surface area contributed by atoms with Gasteiger partial charge >= 0.3 is 0 Å². The van der Waals surface area contributed by atoms with Crippen molar-refractivity contribution in [2.24, 2.45) is 25.6 Å². The normalized spacial score (nSPS) is 21.4. The number of fused-ring (bicyclic) bond motifs is 2. The summed E-state index contributed by atoms with van der Waals surface area (Å²) in [6.07, 6.45) is 0.501. The van der Waals surface area contributed by atoms with Crippen molar-refractivity contribution in [2.75, 3.05) is 11.6 Å². The number of amidine groups is 1. The van der Waals surface area contributed by atoms with Gasteiger partial charge in [-0.05, 0) is 64.5 Å². The van der Waals surface area contributed by atoms with Gasteiger partial charge < -0.3 is 4.74 Å². The summed E-state index contributed by atoms with van der Waals surface area (Å²) in [6.45, 7) is 2.56. The number of tetrazole rings is 1. The summed E-state index contributed by atoms with van der Waals surface area (Å²) in [4.78, 5) is 1.48. The van der Waals surface area contributed by atoms with E-state index in [0.717, 1.165) is 34.0 Å². The van der Waals surface area contributed by atoms with Crippen molar-refractivity contribution >= 4 is 22.9 Å². The highest BCUT2D eigenvalue weighted by molar-refractivity contribution is 6.31. The van der Waals surface area contributed by atoms with Gasteiger partial charge in [0.25, 0.3) is 0 Å². The summed E-state index contributed by atoms with van der Waals surface area (Å²) < 4.78 is 5.63. The summed E-state index contributed by atoms with van der Waals surface area (Å²) in [5.74, 6) is 1.62. The monoisotopic (exact) mass is 502 g/mol. The Balaban J connectivity index is 1.37. The van der Waals surface area contributed by atoms with Crippen molar-refractivity contribution in [3.63, 3.8) is 0 Å². The lowest BCUT2D eigenvalue weighted by atomic mass is 9.73. The van der Waals surface area contributed by atoms with Crippen LogP contribution in [0.5, 0.6) is 5.75 Å². The molecule has 3 aromatic carbocycles. The summed E-state index contributed by atoms with van der Waals surface area (Å²) in [5, 5.41) is 37.7. The molecular formula is C27H22N10O. The fraction of sp³-hybridized carbons (Fsp3) is 0.185. The molecule has 0 bridgehead atoms. The summed E-state index contributed by atoms with van der Waals surface area (Å²) in [5.41, 5.74) is 3.23. The molecule has 11 nitrogen and oxygen atoms in total. The second-order valence-electron chi connectivity index (χ2n) is 9.03. The van der Waals surface area contributed by atoms with Crippen molar-refractivity contribution in [1.29, 1.82) is 0 Å². The van der Waals surface area contributed by atoms with E-state index in [-0.39, 0.29) is 5.92 Å². The van der Waals surface area contributed by atoms with E-state index in [1.807, 2.05) is 96.9 Å². The Morgan fingerprint density at radius 1 is 0.895 bits per heavy atom. The number of hydrazone groups is 1. The minimum atomic E-state index is -1.05. The SMILES string of the molecule is CCOc1ccc(C2=Nn3nnnc3C(C34N=NN=C3N(c3ccccc3)N=C4c3ccccc3)C2)cc1. The van der Waals surface area contributed by atoms with E-state index < -0.39 is 5.54 Å². The average Bonchev–Trinajstić information content (AvgIpc) is 3.69. The van der Waals surface area contributed by atoms with Crippen LogP contribution in [-0.2, 0) is 0 Å². The first-order chi connectivity index (χ1) is 18.8. The summed E-state index contributed by atoms with van der Waals surface area (Å²) in [6, 6.07) is 27.7. The minimum absolute atomic E-state index is 0.366. The van der Waals surface area contributed by atoms with E-state index >= 15 is 0 Å². The zero-order valence-corrected chi connectivity index (χ0v) is 20.5. The predicted octanol–water partition coefficient (Wildman–Crippen LogP) is 4.25. The number of hydrogen-bond acceptors (Lipinski definition) is 10. The topological polar surface area (TPSA) is 118 Å². The van der Waals surface area contributed by atoms with Crippen LogP contribution in [0.1, 0.15) is 36.2 Å². The van der Waals surface area contributed by atoms with Crippen molar-refractivity contribution < 1.29 is 4.74 Å². The van der Waals surface area contributed by atoms with Gasteiger partial charge in [0.15, 0.2) is 17.2 Å². The average molecular weight is 503 g/mol. The first-order valence-electron chi connectivity index (χ1n) is 12.4. The Hall–Kier alpha value is -5.06. The quantitative estimate of drug-likeness (QED) is 0.391. The van der Waals surface area contributed by atoms with E-state index in [1.54, 1.807) is 0 Å². The molecule has 0 saturated carbocycles. The highest BCUT2D eigenvalue weighted by Crippen LogP contribution is 2.47. The van der Waals surface area contributed by atoms with Crippen molar-refractivity contribution in [1.82, 2.24) is 20.3 Å². The fourth-order valence-corrected chi connectivity index (χ4v) is 5.18. The molecule has 0 N–H and O–H groups in total. The first kappa shape index (κ1) is 22.2. The van der Waals surface area contributed by atoms with Crippen LogP contribution in [0.3, 0.4) is 0 Å². The van der Waals surface area contributed by atoms with Gasteiger partial charge in [0, 0.05) is 12.0 Å². The van der Waals surface area contributed by atoms with Crippen LogP contribution in [-0.4, -0.2) is 49.7 Å². The zero-order valence-electron chi connectivity index (χ0n) is 20.5. The van der Waals surface area contributed by atoms with Gasteiger partial charge in [-0.15, -0.1) is 20.1 Å². The number of ether oxygens (including phenoxy) is 1. The molecular weight excluding hydrogens is 480 g/mol. The van der Waals surface area contributed by atoms with Gasteiger partial charge in [-0.1, -0.05) is 48.5 Å². The molecule has 1 aromatic heterocycles. The molecule has 2 unspecified atom stereocenters. The molecule has 3 aliphatic rings. The van der Waals surface area contributed by atoms with Crippen molar-refractivity contribution in [3.8, 4) is 5.75 Å². The van der Waals surface area contributed by atoms with Crippen LogP contribution < -0.4 is 9.75 Å². The number of para-hydroxylation sites is 1. The second-order valence-corrected chi connectivity index (χ2v) is 9.03. The maximum absolute atomic E-state index is 5.63. The number of rotatable bonds is 6. The molecule has 0 saturated heterocycles. The Morgan fingerprint density at radius 2 is 1.66 bits per heavy atom. The van der Waals surface area contributed by atoms with E-state index in [1.165, 1.54) is 4.79 Å². The smallest absolute Gasteiger partial charge is 0.199 e. The molecule has 38 heavy (non-hydrogen) atoms. The molecule has 3 aliphatic heterocycles. The molecule has 11 heteroatoms. The number of hydrogen-bond donors (Lipinski definition) is 0. The van der Waals surface area contributed by atoms with Crippen LogP contribution in [0.25, 0.3) is 0 Å².